The number of aromatic amines is 1. The van der Waals surface area contributed by atoms with Crippen LogP contribution in [-0.2, 0) is 106 Å². The molecule has 2 heterocycles. The number of carboxylic acids is 1. The number of H-pyrrole nitrogens is 1. The maximum atomic E-state index is 15.5. The van der Waals surface area contributed by atoms with Gasteiger partial charge in [0.25, 0.3) is 0 Å². The predicted octanol–water partition coefficient (Wildman–Crippen LogP) is 1.59. The largest absolute Gasteiger partial charge is 0.508 e. The summed E-state index contributed by atoms with van der Waals surface area (Å²) < 4.78 is 0. The molecule has 1 aliphatic rings. The molecule has 1 aromatic heterocycles. The van der Waals surface area contributed by atoms with Gasteiger partial charge in [0, 0.05) is 90.2 Å². The number of thioether (sulfide) groups is 1. The van der Waals surface area contributed by atoms with Crippen LogP contribution in [-0.4, -0.2) is 266 Å². The van der Waals surface area contributed by atoms with E-state index in [2.05, 4.69) is 47.5 Å². The lowest BCUT2D eigenvalue weighted by Crippen LogP contribution is -2.61. The van der Waals surface area contributed by atoms with Crippen LogP contribution in [0.5, 0.6) is 11.5 Å². The van der Waals surface area contributed by atoms with Crippen molar-refractivity contribution in [3.8, 4) is 11.5 Å². The van der Waals surface area contributed by atoms with Gasteiger partial charge in [0.2, 0.25) is 76.8 Å². The minimum Gasteiger partial charge on any atom is -0.508 e. The van der Waals surface area contributed by atoms with Gasteiger partial charge in [-0.15, -0.1) is 11.8 Å². The second-order valence-electron chi connectivity index (χ2n) is 30.5. The Morgan fingerprint density at radius 3 is 1.54 bits per heavy atom. The summed E-state index contributed by atoms with van der Waals surface area (Å²) in [6, 6.07) is 29.4. The standard InChI is InChI=1S/C87H109N15O18S/c1-9-10-30-69-85(118)99(5)49-74(107)92-65(45-76(109)110)81(114)97-77(52(2)3)87(120)101(7)70(42-54-24-16-12-17-25-54)82(115)95-66(41-57-33-37-60(104)38-34-57)83(116)98(4)48-73(106)91-64(44-58-46-89-62-29-21-20-28-61(58)62)80(113)94-63(39-56-31-35-59(103)36-32-56)79(112)96-68(78(111)90-47-72(88)105)50-121-51-75(108)93-67(40-53-22-14-11-15-23-53)84(117)102(8)71(86(119)100(69)6)43-55-26-18-13-19-27-55/h11-29,31-38,46,52,63-71,77,79,89,96,103-104,112H,9-10,30,39-45,47-51H2,1-8H3,(H2,88,105)(H,90,111)(H,91,106)(H,92,107)(H,93,108)(H,94,113)(H,95,115)(H,97,114)(H,109,110). The molecule has 1 fully saturated rings. The summed E-state index contributed by atoms with van der Waals surface area (Å²) >= 11 is 0.860. The highest BCUT2D eigenvalue weighted by molar-refractivity contribution is 8.00. The van der Waals surface area contributed by atoms with Crippen LogP contribution < -0.4 is 48.3 Å². The summed E-state index contributed by atoms with van der Waals surface area (Å²) in [5.74, 6) is -14.8. The predicted molar refractivity (Wildman–Crippen MR) is 452 cm³/mol. The van der Waals surface area contributed by atoms with Crippen molar-refractivity contribution in [1.82, 2.24) is 72.0 Å². The van der Waals surface area contributed by atoms with Crippen molar-refractivity contribution in [3.05, 3.63) is 203 Å². The Balaban J connectivity index is 1.21. The van der Waals surface area contributed by atoms with Crippen LogP contribution in [0.2, 0.25) is 0 Å². The van der Waals surface area contributed by atoms with E-state index in [0.29, 0.717) is 57.1 Å². The summed E-state index contributed by atoms with van der Waals surface area (Å²) in [4.78, 5) is 213. The SMILES string of the molecule is CCCCC1C(=O)N(C)CC(=O)NC(CC(=O)O)C(=O)NC(C(C)C)C(=O)N(C)C(Cc2ccccc2)C(=O)NC(Cc2ccc(O)cc2)C(=O)N(C)CC(=O)NC(Cc2c[nH]c3ccccc23)C(=O)NC(Cc2ccc(O)cc2)C(O)NC(C(=O)NCC(N)=O)CSCC(=O)NC(Cc2ccccc2)C(=O)N(C)C(Cc2ccccc2)C(=O)N1C. The number of aromatic nitrogens is 1. The number of rotatable bonds is 21. The molecule has 33 nitrogen and oxygen atoms in total. The zero-order valence-corrected chi connectivity index (χ0v) is 69.7. The van der Waals surface area contributed by atoms with E-state index < -0.39 is 187 Å². The third-order valence-corrected chi connectivity index (χ3v) is 21.9. The van der Waals surface area contributed by atoms with Crippen LogP contribution in [0, 0.1) is 5.92 Å². The number of benzene rings is 6. The number of carbonyl (C=O) groups excluding carboxylic acids is 13. The lowest BCUT2D eigenvalue weighted by atomic mass is 9.98. The molecule has 13 amide bonds. The smallest absolute Gasteiger partial charge is 0.305 e. The molecule has 15 N–H and O–H groups in total. The number of fused-ring (bicyclic) bond motifs is 1. The molecule has 6 aromatic carbocycles. The van der Waals surface area contributed by atoms with E-state index in [1.54, 1.807) is 135 Å². The zero-order valence-electron chi connectivity index (χ0n) is 68.9. The van der Waals surface area contributed by atoms with E-state index in [1.807, 2.05) is 6.92 Å². The van der Waals surface area contributed by atoms with Crippen LogP contribution in [0.1, 0.15) is 79.8 Å². The Bertz CT molecular complexity index is 4740. The van der Waals surface area contributed by atoms with Gasteiger partial charge < -0.3 is 92.9 Å². The highest BCUT2D eigenvalue weighted by Crippen LogP contribution is 2.24. The molecule has 0 aliphatic carbocycles. The molecule has 0 radical (unpaired) electrons. The van der Waals surface area contributed by atoms with Crippen molar-refractivity contribution >= 4 is 105 Å². The van der Waals surface area contributed by atoms with Crippen LogP contribution >= 0.6 is 11.8 Å². The van der Waals surface area contributed by atoms with Gasteiger partial charge in [-0.3, -0.25) is 72.4 Å². The monoisotopic (exact) mass is 1680 g/mol. The Morgan fingerprint density at radius 2 is 0.983 bits per heavy atom. The topological polar surface area (TPSA) is 474 Å². The van der Waals surface area contributed by atoms with E-state index in [4.69, 9.17) is 5.73 Å². The first-order chi connectivity index (χ1) is 57.7. The number of aromatic hydroxyl groups is 2. The number of likely N-dealkylation sites (N-methyl/N-ethyl adjacent to an activating group) is 5. The minimum atomic E-state index is -1.90. The fraction of sp³-hybridized carbons (Fsp3) is 0.402. The second-order valence-corrected chi connectivity index (χ2v) is 31.6. The van der Waals surface area contributed by atoms with Gasteiger partial charge in [-0.1, -0.05) is 167 Å². The van der Waals surface area contributed by atoms with Gasteiger partial charge in [0.05, 0.1) is 43.9 Å². The number of hydrogen-bond acceptors (Lipinski definition) is 19. The normalized spacial score (nSPS) is 22.3. The molecule has 34 heteroatoms. The molecular weight excluding hydrogens is 1580 g/mol. The van der Waals surface area contributed by atoms with E-state index in [1.165, 1.54) is 93.6 Å². The first-order valence-electron chi connectivity index (χ1n) is 39.8. The van der Waals surface area contributed by atoms with Crippen LogP contribution in [0.15, 0.2) is 170 Å². The third-order valence-electron chi connectivity index (χ3n) is 20.9. The lowest BCUT2D eigenvalue weighted by molar-refractivity contribution is -0.151. The number of aliphatic carboxylic acids is 1. The van der Waals surface area contributed by atoms with Gasteiger partial charge in [-0.25, -0.2) is 0 Å². The Kier molecular flexibility index (Phi) is 35.3. The number of primary amides is 1. The fourth-order valence-electron chi connectivity index (χ4n) is 14.1. The number of carboxylic acid groups (broad SMARTS) is 1. The molecule has 1 aliphatic heterocycles. The second kappa shape index (κ2) is 45.5. The summed E-state index contributed by atoms with van der Waals surface area (Å²) in [7, 11) is 6.58. The van der Waals surface area contributed by atoms with Crippen LogP contribution in [0.4, 0.5) is 0 Å². The molecule has 646 valence electrons. The molecule has 7 aromatic rings. The highest BCUT2D eigenvalue weighted by atomic mass is 32.2. The number of para-hydroxylation sites is 1. The average molecular weight is 1680 g/mol. The van der Waals surface area contributed by atoms with E-state index >= 15 is 28.8 Å². The number of nitrogens with zero attached hydrogens (tertiary/aromatic N) is 5. The molecule has 0 saturated carbocycles. The first kappa shape index (κ1) is 93.8. The number of amides is 13. The first-order valence-corrected chi connectivity index (χ1v) is 41.0. The maximum Gasteiger partial charge on any atom is 0.305 e. The number of aliphatic hydroxyl groups excluding tert-OH is 1. The van der Waals surface area contributed by atoms with Gasteiger partial charge in [-0.05, 0) is 82.5 Å². The third kappa shape index (κ3) is 28.0. The molecular formula is C87H109N15O18S. The van der Waals surface area contributed by atoms with Crippen molar-refractivity contribution < 1.29 is 87.5 Å². The zero-order chi connectivity index (χ0) is 88.1. The van der Waals surface area contributed by atoms with E-state index in [-0.39, 0.29) is 62.2 Å². The molecule has 11 atom stereocenters. The highest BCUT2D eigenvalue weighted by Gasteiger charge is 2.42. The van der Waals surface area contributed by atoms with Gasteiger partial charge in [0.1, 0.15) is 66.1 Å². The molecule has 0 spiro atoms. The number of carbonyl (C=O) groups is 14. The number of hydrogen-bond donors (Lipinski definition) is 14. The summed E-state index contributed by atoms with van der Waals surface area (Å²) in [6.45, 7) is 2.75. The van der Waals surface area contributed by atoms with Crippen molar-refractivity contribution in [2.45, 2.75) is 152 Å². The minimum absolute atomic E-state index is 0.0446. The summed E-state index contributed by atoms with van der Waals surface area (Å²) in [5.41, 5.74) is 9.26. The Labute approximate surface area is 706 Å². The quantitative estimate of drug-likeness (QED) is 0.0486. The molecule has 121 heavy (non-hydrogen) atoms. The maximum absolute atomic E-state index is 15.5. The van der Waals surface area contributed by atoms with E-state index in [0.717, 1.165) is 26.5 Å². The molecule has 11 unspecified atom stereocenters. The molecule has 8 rings (SSSR count). The van der Waals surface area contributed by atoms with E-state index in [9.17, 15) is 58.8 Å². The summed E-state index contributed by atoms with van der Waals surface area (Å²) in [6.07, 6.45) is -1.48. The van der Waals surface area contributed by atoms with Crippen molar-refractivity contribution in [1.29, 1.82) is 0 Å². The van der Waals surface area contributed by atoms with Gasteiger partial charge >= 0.3 is 5.97 Å². The lowest BCUT2D eigenvalue weighted by Gasteiger charge is -2.37. The Morgan fingerprint density at radius 1 is 0.504 bits per heavy atom. The molecule has 0 bridgehead atoms. The van der Waals surface area contributed by atoms with Crippen LogP contribution in [0.3, 0.4) is 0 Å². The number of phenolic OH excluding ortho intramolecular Hbond substituents is 2. The number of phenols is 2. The Hall–Kier alpha value is -12.7. The number of aliphatic hydroxyl groups is 1. The summed E-state index contributed by atoms with van der Waals surface area (Å²) in [5, 5.41) is 65.6. The van der Waals surface area contributed by atoms with Crippen LogP contribution in [0.25, 0.3) is 10.9 Å². The molecule has 1 saturated heterocycles. The number of nitrogens with two attached hydrogens (primary N) is 1. The fourth-order valence-corrected chi connectivity index (χ4v) is 15.0. The van der Waals surface area contributed by atoms with Crippen molar-refractivity contribution in [2.75, 3.05) is 66.4 Å². The van der Waals surface area contributed by atoms with Crippen molar-refractivity contribution in [2.24, 2.45) is 11.7 Å². The number of nitrogens with one attached hydrogen (secondary N) is 9. The van der Waals surface area contributed by atoms with Gasteiger partial charge in [-0.2, -0.15) is 0 Å². The van der Waals surface area contributed by atoms with Crippen molar-refractivity contribution in [3.63, 3.8) is 0 Å². The van der Waals surface area contributed by atoms with Gasteiger partial charge in [0.15, 0.2) is 0 Å². The number of unbranched alkanes of at least 4 members (excludes halogenated alkanes) is 1. The average Bonchev–Trinajstić information content (AvgIpc) is 1.71.